The monoisotopic (exact) mass is 435 g/mol. The molecule has 4 heteroatoms. The Kier molecular flexibility index (Phi) is 3.36. The molecule has 0 saturated carbocycles. The summed E-state index contributed by atoms with van der Waals surface area (Å²) in [6.07, 6.45) is 0. The molecule has 3 aromatic heterocycles. The SMILES string of the molecule is c1ccc2c(c1)ccc1c3ccccc3n(-c3ccc4oc5nc6ccccc6nc5c4c3)c21. The van der Waals surface area contributed by atoms with Gasteiger partial charge in [-0.3, -0.25) is 0 Å². The number of rotatable bonds is 1. The molecule has 158 valence electrons. The number of hydrogen-bond donors (Lipinski definition) is 0. The molecule has 0 saturated heterocycles. The Morgan fingerprint density at radius 1 is 0.588 bits per heavy atom. The molecule has 3 heterocycles. The lowest BCUT2D eigenvalue weighted by molar-refractivity contribution is 0.655. The van der Waals surface area contributed by atoms with Crippen LogP contribution in [-0.4, -0.2) is 14.5 Å². The lowest BCUT2D eigenvalue weighted by Gasteiger charge is -2.10. The van der Waals surface area contributed by atoms with Gasteiger partial charge in [-0.2, -0.15) is 0 Å². The van der Waals surface area contributed by atoms with Crippen molar-refractivity contribution >= 4 is 65.8 Å². The average molecular weight is 435 g/mol. The molecule has 0 amide bonds. The fourth-order valence-electron chi connectivity index (χ4n) is 5.26. The molecule has 0 N–H and O–H groups in total. The van der Waals surface area contributed by atoms with Gasteiger partial charge in [0.05, 0.1) is 27.5 Å². The molecular formula is C30H17N3O. The summed E-state index contributed by atoms with van der Waals surface area (Å²) >= 11 is 0. The second kappa shape index (κ2) is 6.42. The van der Waals surface area contributed by atoms with Crippen LogP contribution in [0.25, 0.3) is 71.5 Å². The van der Waals surface area contributed by atoms with E-state index in [0.29, 0.717) is 5.71 Å². The molecule has 0 bridgehead atoms. The summed E-state index contributed by atoms with van der Waals surface area (Å²) in [6, 6.07) is 35.9. The number of para-hydroxylation sites is 3. The topological polar surface area (TPSA) is 43.9 Å². The third kappa shape index (κ3) is 2.32. The number of furan rings is 1. The first-order chi connectivity index (χ1) is 16.8. The molecule has 8 aromatic rings. The van der Waals surface area contributed by atoms with E-state index in [1.165, 1.54) is 32.6 Å². The van der Waals surface area contributed by atoms with Crippen LogP contribution in [-0.2, 0) is 0 Å². The zero-order valence-electron chi connectivity index (χ0n) is 18.1. The first-order valence-corrected chi connectivity index (χ1v) is 11.4. The Balaban J connectivity index is 1.52. The third-order valence-corrected chi connectivity index (χ3v) is 6.78. The molecule has 0 aliphatic heterocycles. The Labute approximate surface area is 193 Å². The van der Waals surface area contributed by atoms with Gasteiger partial charge in [0.25, 0.3) is 0 Å². The molecule has 0 spiro atoms. The predicted octanol–water partition coefficient (Wildman–Crippen LogP) is 7.78. The maximum absolute atomic E-state index is 6.10. The van der Waals surface area contributed by atoms with Crippen molar-refractivity contribution in [1.82, 2.24) is 14.5 Å². The predicted molar refractivity (Wildman–Crippen MR) is 139 cm³/mol. The Morgan fingerprint density at radius 2 is 1.35 bits per heavy atom. The van der Waals surface area contributed by atoms with Crippen molar-refractivity contribution in [2.75, 3.05) is 0 Å². The molecule has 34 heavy (non-hydrogen) atoms. The van der Waals surface area contributed by atoms with Crippen molar-refractivity contribution < 1.29 is 4.42 Å². The van der Waals surface area contributed by atoms with E-state index in [2.05, 4.69) is 77.4 Å². The van der Waals surface area contributed by atoms with Crippen molar-refractivity contribution in [3.63, 3.8) is 0 Å². The van der Waals surface area contributed by atoms with Crippen molar-refractivity contribution in [3.8, 4) is 5.69 Å². The molecule has 0 radical (unpaired) electrons. The second-order valence-corrected chi connectivity index (χ2v) is 8.68. The minimum atomic E-state index is 0.568. The maximum atomic E-state index is 6.10. The number of aromatic nitrogens is 3. The Bertz CT molecular complexity index is 2080. The zero-order valence-corrected chi connectivity index (χ0v) is 18.1. The van der Waals surface area contributed by atoms with Crippen LogP contribution in [0.4, 0.5) is 0 Å². The van der Waals surface area contributed by atoms with Gasteiger partial charge >= 0.3 is 0 Å². The van der Waals surface area contributed by atoms with E-state index in [-0.39, 0.29) is 0 Å². The first kappa shape index (κ1) is 17.8. The summed E-state index contributed by atoms with van der Waals surface area (Å²) < 4.78 is 8.46. The molecule has 8 rings (SSSR count). The number of benzene rings is 5. The highest BCUT2D eigenvalue weighted by Crippen LogP contribution is 2.38. The summed E-state index contributed by atoms with van der Waals surface area (Å²) in [6.45, 7) is 0. The van der Waals surface area contributed by atoms with Gasteiger partial charge < -0.3 is 8.98 Å². The minimum Gasteiger partial charge on any atom is -0.436 e. The highest BCUT2D eigenvalue weighted by molar-refractivity contribution is 6.18. The van der Waals surface area contributed by atoms with E-state index in [4.69, 9.17) is 14.4 Å². The Morgan fingerprint density at radius 3 is 2.26 bits per heavy atom. The smallest absolute Gasteiger partial charge is 0.246 e. The molecular weight excluding hydrogens is 418 g/mol. The van der Waals surface area contributed by atoms with Crippen LogP contribution in [0.1, 0.15) is 0 Å². The summed E-state index contributed by atoms with van der Waals surface area (Å²) in [7, 11) is 0. The van der Waals surface area contributed by atoms with E-state index in [9.17, 15) is 0 Å². The van der Waals surface area contributed by atoms with Crippen molar-refractivity contribution in [2.45, 2.75) is 0 Å². The van der Waals surface area contributed by atoms with Crippen molar-refractivity contribution in [1.29, 1.82) is 0 Å². The van der Waals surface area contributed by atoms with Gasteiger partial charge in [-0.15, -0.1) is 0 Å². The van der Waals surface area contributed by atoms with Gasteiger partial charge in [-0.25, -0.2) is 9.97 Å². The normalized spacial score (nSPS) is 12.1. The first-order valence-electron chi connectivity index (χ1n) is 11.4. The van der Waals surface area contributed by atoms with Gasteiger partial charge in [0.2, 0.25) is 5.71 Å². The largest absolute Gasteiger partial charge is 0.436 e. The molecule has 0 aliphatic carbocycles. The number of nitrogens with zero attached hydrogens (tertiary/aromatic N) is 3. The van der Waals surface area contributed by atoms with Gasteiger partial charge in [-0.1, -0.05) is 66.7 Å². The number of fused-ring (bicyclic) bond motifs is 9. The lowest BCUT2D eigenvalue weighted by atomic mass is 10.1. The van der Waals surface area contributed by atoms with E-state index in [1.807, 2.05) is 30.3 Å². The molecule has 0 fully saturated rings. The third-order valence-electron chi connectivity index (χ3n) is 6.78. The highest BCUT2D eigenvalue weighted by Gasteiger charge is 2.17. The lowest BCUT2D eigenvalue weighted by Crippen LogP contribution is -1.94. The fraction of sp³-hybridized carbons (Fsp3) is 0. The van der Waals surface area contributed by atoms with Crippen LogP contribution >= 0.6 is 0 Å². The fourth-order valence-corrected chi connectivity index (χ4v) is 5.26. The van der Waals surface area contributed by atoms with Crippen LogP contribution in [0.2, 0.25) is 0 Å². The van der Waals surface area contributed by atoms with Crippen LogP contribution in [0, 0.1) is 0 Å². The van der Waals surface area contributed by atoms with Gasteiger partial charge in [0.1, 0.15) is 11.1 Å². The summed E-state index contributed by atoms with van der Waals surface area (Å²) in [4.78, 5) is 9.61. The highest BCUT2D eigenvalue weighted by atomic mass is 16.3. The second-order valence-electron chi connectivity index (χ2n) is 8.68. The van der Waals surface area contributed by atoms with Crippen molar-refractivity contribution in [3.05, 3.63) is 103 Å². The van der Waals surface area contributed by atoms with E-state index >= 15 is 0 Å². The molecule has 0 unspecified atom stereocenters. The quantitative estimate of drug-likeness (QED) is 0.264. The van der Waals surface area contributed by atoms with Gasteiger partial charge in [0, 0.05) is 21.8 Å². The number of hydrogen-bond acceptors (Lipinski definition) is 3. The maximum Gasteiger partial charge on any atom is 0.246 e. The Hall–Kier alpha value is -4.70. The zero-order chi connectivity index (χ0) is 22.2. The average Bonchev–Trinajstić information content (AvgIpc) is 3.42. The summed E-state index contributed by atoms with van der Waals surface area (Å²) in [5, 5.41) is 5.92. The summed E-state index contributed by atoms with van der Waals surface area (Å²) in [5.74, 6) is 0. The molecule has 4 nitrogen and oxygen atoms in total. The van der Waals surface area contributed by atoms with Crippen LogP contribution < -0.4 is 0 Å². The van der Waals surface area contributed by atoms with Crippen LogP contribution in [0.15, 0.2) is 108 Å². The molecule has 0 atom stereocenters. The van der Waals surface area contributed by atoms with Crippen LogP contribution in [0.3, 0.4) is 0 Å². The van der Waals surface area contributed by atoms with E-state index in [0.717, 1.165) is 33.2 Å². The molecule has 5 aromatic carbocycles. The van der Waals surface area contributed by atoms with Crippen molar-refractivity contribution in [2.24, 2.45) is 0 Å². The van der Waals surface area contributed by atoms with Crippen LogP contribution in [0.5, 0.6) is 0 Å². The van der Waals surface area contributed by atoms with E-state index < -0.39 is 0 Å². The standard InChI is InChI=1S/C30H17N3O/c1-2-8-20-18(7-1)13-15-22-21-9-3-6-12-26(21)33(29(20)22)19-14-16-27-23(17-19)28-30(34-27)32-25-11-5-4-10-24(25)31-28/h1-17H. The summed E-state index contributed by atoms with van der Waals surface area (Å²) in [5.41, 5.74) is 7.32. The minimum absolute atomic E-state index is 0.568. The van der Waals surface area contributed by atoms with E-state index in [1.54, 1.807) is 0 Å². The van der Waals surface area contributed by atoms with Gasteiger partial charge in [0.15, 0.2) is 0 Å². The van der Waals surface area contributed by atoms with Gasteiger partial charge in [-0.05, 0) is 41.8 Å². The molecule has 0 aliphatic rings.